The molecule has 0 atom stereocenters. The minimum atomic E-state index is -5.87. The molecule has 0 saturated carbocycles. The lowest BCUT2D eigenvalue weighted by Gasteiger charge is -2.38. The van der Waals surface area contributed by atoms with Crippen LogP contribution in [0.1, 0.15) is 11.1 Å². The average Bonchev–Trinajstić information content (AvgIpc) is 3.13. The van der Waals surface area contributed by atoms with Gasteiger partial charge in [-0.3, -0.25) is 9.13 Å². The minimum Gasteiger partial charge on any atom is -0.437 e. The van der Waals surface area contributed by atoms with Crippen molar-refractivity contribution in [1.29, 1.82) is 0 Å². The van der Waals surface area contributed by atoms with E-state index in [0.29, 0.717) is 24.3 Å². The zero-order chi connectivity index (χ0) is 36.3. The van der Waals surface area contributed by atoms with Gasteiger partial charge in [-0.05, 0) is 83.9 Å². The first kappa shape index (κ1) is 35.8. The molecule has 0 unspecified atom stereocenters. The fourth-order valence-electron chi connectivity index (χ4n) is 5.82. The molecule has 6 aromatic carbocycles. The number of halogens is 6. The van der Waals surface area contributed by atoms with E-state index in [0.717, 1.165) is 24.3 Å². The van der Waals surface area contributed by atoms with E-state index >= 15 is 0 Å². The lowest BCUT2D eigenvalue weighted by atomic mass is 9.73. The van der Waals surface area contributed by atoms with Crippen molar-refractivity contribution in [3.05, 3.63) is 181 Å². The molecule has 0 spiro atoms. The fourth-order valence-corrected chi connectivity index (χ4v) is 9.93. The molecule has 0 radical (unpaired) electrons. The molecule has 0 saturated heterocycles. The van der Waals surface area contributed by atoms with Gasteiger partial charge in [0, 0.05) is 0 Å². The monoisotopic (exact) mass is 736 g/mol. The van der Waals surface area contributed by atoms with E-state index in [1.807, 2.05) is 0 Å². The van der Waals surface area contributed by atoms with Crippen LogP contribution in [0, 0.1) is 0 Å². The molecule has 51 heavy (non-hydrogen) atoms. The van der Waals surface area contributed by atoms with Gasteiger partial charge in [-0.2, -0.15) is 26.3 Å². The number of alkyl halides is 6. The highest BCUT2D eigenvalue weighted by Crippen LogP contribution is 2.57. The zero-order valence-corrected chi connectivity index (χ0v) is 28.2. The van der Waals surface area contributed by atoms with Gasteiger partial charge in [-0.25, -0.2) is 0 Å². The molecule has 0 aliphatic carbocycles. The molecule has 6 aromatic rings. The van der Waals surface area contributed by atoms with Gasteiger partial charge in [0.25, 0.3) is 0 Å². The van der Waals surface area contributed by atoms with Gasteiger partial charge >= 0.3 is 27.1 Å². The second kappa shape index (κ2) is 13.9. The Morgan fingerprint density at radius 3 is 0.804 bits per heavy atom. The largest absolute Gasteiger partial charge is 0.437 e. The van der Waals surface area contributed by atoms with Gasteiger partial charge in [0.2, 0.25) is 5.41 Å². The molecular weight excluding hydrogens is 708 g/mol. The second-order valence-electron chi connectivity index (χ2n) is 11.4. The van der Waals surface area contributed by atoms with E-state index < -0.39 is 43.6 Å². The third-order valence-electron chi connectivity index (χ3n) is 8.28. The molecule has 0 amide bonds. The van der Waals surface area contributed by atoms with Gasteiger partial charge in [-0.1, -0.05) is 97.1 Å². The fraction of sp³-hybridized carbons (Fsp3) is 0.0769. The van der Waals surface area contributed by atoms with Crippen LogP contribution in [0.25, 0.3) is 0 Å². The average molecular weight is 737 g/mol. The number of hydrogen-bond acceptors (Lipinski definition) is 4. The quantitative estimate of drug-likeness (QED) is 0.104. The summed E-state index contributed by atoms with van der Waals surface area (Å²) in [6.07, 6.45) is -11.7. The molecule has 0 N–H and O–H groups in total. The maximum absolute atomic E-state index is 15.0. The van der Waals surface area contributed by atoms with Crippen LogP contribution >= 0.6 is 14.7 Å². The summed E-state index contributed by atoms with van der Waals surface area (Å²) in [4.78, 5) is 0. The normalized spacial score (nSPS) is 12.7. The van der Waals surface area contributed by atoms with Crippen molar-refractivity contribution in [2.75, 3.05) is 0 Å². The Balaban J connectivity index is 1.39. The lowest BCUT2D eigenvalue weighted by molar-refractivity contribution is -0.288. The second-order valence-corrected chi connectivity index (χ2v) is 16.1. The van der Waals surface area contributed by atoms with Gasteiger partial charge < -0.3 is 9.05 Å². The van der Waals surface area contributed by atoms with Crippen LogP contribution in [0.15, 0.2) is 170 Å². The summed E-state index contributed by atoms with van der Waals surface area (Å²) in [5, 5.41) is 1.14. The summed E-state index contributed by atoms with van der Waals surface area (Å²) in [6, 6.07) is 38.8. The maximum Gasteiger partial charge on any atom is 0.411 e. The van der Waals surface area contributed by atoms with Crippen molar-refractivity contribution >= 4 is 36.0 Å². The molecule has 0 fully saturated rings. The molecule has 6 rings (SSSR count). The van der Waals surface area contributed by atoms with E-state index in [9.17, 15) is 35.5 Å². The Labute approximate surface area is 290 Å². The highest BCUT2D eigenvalue weighted by molar-refractivity contribution is 7.75. The van der Waals surface area contributed by atoms with Crippen LogP contribution in [0.3, 0.4) is 0 Å². The Bertz CT molecular complexity index is 1910. The maximum atomic E-state index is 15.0. The number of rotatable bonds is 10. The molecule has 260 valence electrons. The Kier molecular flexibility index (Phi) is 9.78. The highest BCUT2D eigenvalue weighted by Gasteiger charge is 2.72. The topological polar surface area (TPSA) is 52.6 Å². The summed E-state index contributed by atoms with van der Waals surface area (Å²) in [7, 11) is -7.75. The third-order valence-corrected chi connectivity index (χ3v) is 13.1. The van der Waals surface area contributed by atoms with Crippen molar-refractivity contribution in [3.63, 3.8) is 0 Å². The van der Waals surface area contributed by atoms with Crippen LogP contribution < -0.4 is 30.3 Å². The first-order valence-corrected chi connectivity index (χ1v) is 18.7. The van der Waals surface area contributed by atoms with Gasteiger partial charge in [0.15, 0.2) is 0 Å². The van der Waals surface area contributed by atoms with Crippen molar-refractivity contribution in [3.8, 4) is 11.5 Å². The molecule has 0 aliphatic heterocycles. The van der Waals surface area contributed by atoms with E-state index in [1.54, 1.807) is 121 Å². The summed E-state index contributed by atoms with van der Waals surface area (Å²) < 4.78 is 130. The van der Waals surface area contributed by atoms with Crippen LogP contribution in [0.4, 0.5) is 26.3 Å². The van der Waals surface area contributed by atoms with Crippen molar-refractivity contribution < 1.29 is 44.5 Å². The minimum absolute atomic E-state index is 0.200. The van der Waals surface area contributed by atoms with Crippen LogP contribution in [-0.2, 0) is 14.5 Å². The van der Waals surface area contributed by atoms with Crippen molar-refractivity contribution in [2.45, 2.75) is 17.8 Å². The Morgan fingerprint density at radius 1 is 0.353 bits per heavy atom. The third kappa shape index (κ3) is 6.74. The standard InChI is InChI=1S/C39H28F6O4P2/c40-38(41,42)37(39(43,44)45,29-21-25-31(26-22-29)48-50(46,33-13-5-1-6-14-33)34-15-7-2-8-16-34)30-23-27-32(28-24-30)49-51(47,35-17-9-3-10-18-35)36-19-11-4-12-20-36/h1-28H. The predicted octanol–water partition coefficient (Wildman–Crippen LogP) is 9.71. The van der Waals surface area contributed by atoms with Crippen molar-refractivity contribution in [2.24, 2.45) is 0 Å². The number of benzene rings is 6. The molecule has 4 nitrogen and oxygen atoms in total. The molecule has 0 aromatic heterocycles. The zero-order valence-electron chi connectivity index (χ0n) is 26.5. The number of hydrogen-bond donors (Lipinski definition) is 0. The van der Waals surface area contributed by atoms with E-state index in [-0.39, 0.29) is 32.7 Å². The SMILES string of the molecule is O=P(Oc1ccc(C(c2ccc(OP(=O)(c3ccccc3)c3ccccc3)cc2)(C(F)(F)F)C(F)(F)F)cc1)(c1ccccc1)c1ccccc1. The van der Waals surface area contributed by atoms with Crippen LogP contribution in [-0.4, -0.2) is 12.4 Å². The molecule has 0 heterocycles. The summed E-state index contributed by atoms with van der Waals surface area (Å²) in [6.45, 7) is 0. The molecule has 0 bridgehead atoms. The van der Waals surface area contributed by atoms with Crippen molar-refractivity contribution in [1.82, 2.24) is 0 Å². The molecule has 0 aliphatic rings. The van der Waals surface area contributed by atoms with Crippen LogP contribution in [0.2, 0.25) is 0 Å². The molecule has 12 heteroatoms. The lowest BCUT2D eigenvalue weighted by Crippen LogP contribution is -2.54. The summed E-state index contributed by atoms with van der Waals surface area (Å²) in [5.74, 6) is -0.399. The van der Waals surface area contributed by atoms with E-state index in [1.165, 1.54) is 0 Å². The highest BCUT2D eigenvalue weighted by atomic mass is 31.2. The van der Waals surface area contributed by atoms with E-state index in [2.05, 4.69) is 0 Å². The smallest absolute Gasteiger partial charge is 0.411 e. The van der Waals surface area contributed by atoms with E-state index in [4.69, 9.17) is 9.05 Å². The molecular formula is C39H28F6O4P2. The van der Waals surface area contributed by atoms with Crippen LogP contribution in [0.5, 0.6) is 11.5 Å². The van der Waals surface area contributed by atoms with Gasteiger partial charge in [0.1, 0.15) is 11.5 Å². The summed E-state index contributed by atoms with van der Waals surface area (Å²) >= 11 is 0. The predicted molar refractivity (Wildman–Crippen MR) is 187 cm³/mol. The Morgan fingerprint density at radius 2 is 0.588 bits per heavy atom. The Hall–Kier alpha value is -5.04. The summed E-state index contributed by atoms with van der Waals surface area (Å²) in [5.41, 5.74) is -6.77. The first-order chi connectivity index (χ1) is 24.3. The first-order valence-electron chi connectivity index (χ1n) is 15.5. The van der Waals surface area contributed by atoms with Gasteiger partial charge in [0.05, 0.1) is 21.2 Å². The van der Waals surface area contributed by atoms with Gasteiger partial charge in [-0.15, -0.1) is 0 Å².